The third-order valence-corrected chi connectivity index (χ3v) is 6.47. The first kappa shape index (κ1) is 25.8. The minimum Gasteiger partial charge on any atom is -0.508 e. The molecule has 0 aliphatic carbocycles. The summed E-state index contributed by atoms with van der Waals surface area (Å²) in [6.07, 6.45) is 0.652. The van der Waals surface area contributed by atoms with E-state index >= 15 is 0 Å². The molecule has 1 atom stereocenters. The summed E-state index contributed by atoms with van der Waals surface area (Å²) >= 11 is 0. The summed E-state index contributed by atoms with van der Waals surface area (Å²) in [7, 11) is 0. The number of aromatic nitrogens is 3. The van der Waals surface area contributed by atoms with Crippen LogP contribution in [0.25, 0.3) is 11.0 Å². The second-order valence-electron chi connectivity index (χ2n) is 9.65. The highest BCUT2D eigenvalue weighted by atomic mass is 19.1. The van der Waals surface area contributed by atoms with Crippen LogP contribution in [0, 0.1) is 12.7 Å². The third kappa shape index (κ3) is 5.61. The number of halogens is 1. The summed E-state index contributed by atoms with van der Waals surface area (Å²) in [5.41, 5.74) is 1.82. The highest BCUT2D eigenvalue weighted by Gasteiger charge is 2.35. The number of hydrogen-bond acceptors (Lipinski definition) is 5. The number of aromatic hydroxyl groups is 1. The van der Waals surface area contributed by atoms with E-state index in [4.69, 9.17) is 0 Å². The first-order valence-corrected chi connectivity index (χ1v) is 12.1. The number of phenols is 1. The van der Waals surface area contributed by atoms with Gasteiger partial charge in [-0.25, -0.2) is 9.07 Å². The van der Waals surface area contributed by atoms with Gasteiger partial charge in [0.2, 0.25) is 11.8 Å². The topological polar surface area (TPSA) is 100 Å². The normalized spacial score (nSPS) is 12.4. The molecule has 0 unspecified atom stereocenters. The molecule has 0 fully saturated rings. The summed E-state index contributed by atoms with van der Waals surface area (Å²) < 4.78 is 16.2. The van der Waals surface area contributed by atoms with Crippen molar-refractivity contribution in [2.45, 2.75) is 52.2 Å². The number of fused-ring (bicyclic) bond motifs is 1. The highest BCUT2D eigenvalue weighted by molar-refractivity contribution is 6.01. The van der Waals surface area contributed by atoms with Gasteiger partial charge in [-0.3, -0.25) is 14.5 Å². The number of carbonyl (C=O) groups excluding carboxylic acids is 2. The number of phenolic OH excluding ortho intramolecular Hbond substituents is 1. The lowest BCUT2D eigenvalue weighted by molar-refractivity contribution is -0.128. The first-order valence-electron chi connectivity index (χ1n) is 12.1. The smallest absolute Gasteiger partial charge is 0.249 e. The quantitative estimate of drug-likeness (QED) is 0.364. The first-order chi connectivity index (χ1) is 17.6. The fraction of sp³-hybridized carbons (Fsp3) is 0.286. The number of para-hydroxylation sites is 1. The number of amides is 2. The third-order valence-electron chi connectivity index (χ3n) is 6.47. The van der Waals surface area contributed by atoms with Crippen LogP contribution in [-0.2, 0) is 16.1 Å². The number of carbonyl (C=O) groups is 2. The van der Waals surface area contributed by atoms with E-state index < -0.39 is 29.2 Å². The number of hydrogen-bond donors (Lipinski definition) is 2. The molecule has 0 aliphatic rings. The van der Waals surface area contributed by atoms with E-state index in [0.717, 1.165) is 0 Å². The standard InChI is InChI=1S/C28H30FN5O3/c1-5-28(3,4)30-27(37)26(19-11-14-21(35)15-12-19)34(20-13-10-18(2)22(29)16-20)25(36)17-33-24-9-7-6-8-23(24)31-32-33/h6-16,26,35H,5,17H2,1-4H3,(H,30,37)/t26-/m0/s1. The largest absolute Gasteiger partial charge is 0.508 e. The van der Waals surface area contributed by atoms with Gasteiger partial charge in [0.05, 0.1) is 5.52 Å². The van der Waals surface area contributed by atoms with Gasteiger partial charge in [0.1, 0.15) is 29.7 Å². The summed E-state index contributed by atoms with van der Waals surface area (Å²) in [4.78, 5) is 29.0. The van der Waals surface area contributed by atoms with Gasteiger partial charge in [0, 0.05) is 11.2 Å². The van der Waals surface area contributed by atoms with Crippen molar-refractivity contribution in [2.24, 2.45) is 0 Å². The second-order valence-corrected chi connectivity index (χ2v) is 9.65. The zero-order chi connectivity index (χ0) is 26.7. The number of nitrogens with one attached hydrogen (secondary N) is 1. The Morgan fingerprint density at radius 1 is 1.11 bits per heavy atom. The van der Waals surface area contributed by atoms with Crippen LogP contribution in [0.2, 0.25) is 0 Å². The van der Waals surface area contributed by atoms with Gasteiger partial charge in [-0.1, -0.05) is 42.5 Å². The monoisotopic (exact) mass is 503 g/mol. The summed E-state index contributed by atoms with van der Waals surface area (Å²) in [6, 6.07) is 16.6. The Balaban J connectivity index is 1.84. The molecule has 4 rings (SSSR count). The van der Waals surface area contributed by atoms with Crippen molar-refractivity contribution in [3.63, 3.8) is 0 Å². The second kappa shape index (κ2) is 10.4. The van der Waals surface area contributed by atoms with Crippen LogP contribution in [0.15, 0.2) is 66.7 Å². The van der Waals surface area contributed by atoms with E-state index in [0.29, 0.717) is 28.6 Å². The van der Waals surface area contributed by atoms with E-state index in [1.165, 1.54) is 27.8 Å². The molecule has 9 heteroatoms. The predicted octanol–water partition coefficient (Wildman–Crippen LogP) is 4.66. The fourth-order valence-corrected chi connectivity index (χ4v) is 3.97. The Bertz CT molecular complexity index is 1430. The van der Waals surface area contributed by atoms with Crippen molar-refractivity contribution >= 4 is 28.5 Å². The molecule has 0 radical (unpaired) electrons. The number of aryl methyl sites for hydroxylation is 1. The van der Waals surface area contributed by atoms with E-state index in [1.54, 1.807) is 43.3 Å². The number of rotatable bonds is 8. The van der Waals surface area contributed by atoms with Gasteiger partial charge < -0.3 is 10.4 Å². The highest BCUT2D eigenvalue weighted by Crippen LogP contribution is 2.31. The molecule has 0 saturated carbocycles. The molecule has 0 spiro atoms. The van der Waals surface area contributed by atoms with E-state index in [-0.39, 0.29) is 18.0 Å². The van der Waals surface area contributed by atoms with Gasteiger partial charge in [0.15, 0.2) is 0 Å². The molecule has 2 N–H and O–H groups in total. The Hall–Kier alpha value is -4.27. The molecule has 1 aromatic heterocycles. The van der Waals surface area contributed by atoms with Gasteiger partial charge in [0.25, 0.3) is 0 Å². The number of benzene rings is 3. The number of nitrogens with zero attached hydrogens (tertiary/aromatic N) is 4. The Kier molecular flexibility index (Phi) is 7.24. The molecule has 0 bridgehead atoms. The molecule has 2 amide bonds. The lowest BCUT2D eigenvalue weighted by Crippen LogP contribution is -2.51. The summed E-state index contributed by atoms with van der Waals surface area (Å²) in [5, 5.41) is 21.1. The molecule has 192 valence electrons. The Labute approximate surface area is 214 Å². The molecule has 1 heterocycles. The Morgan fingerprint density at radius 3 is 2.49 bits per heavy atom. The zero-order valence-electron chi connectivity index (χ0n) is 21.3. The van der Waals surface area contributed by atoms with Crippen molar-refractivity contribution in [1.29, 1.82) is 0 Å². The van der Waals surface area contributed by atoms with Crippen LogP contribution in [0.3, 0.4) is 0 Å². The van der Waals surface area contributed by atoms with Crippen LogP contribution in [0.4, 0.5) is 10.1 Å². The van der Waals surface area contributed by atoms with Crippen molar-refractivity contribution in [3.8, 4) is 5.75 Å². The molecule has 0 aliphatic heterocycles. The van der Waals surface area contributed by atoms with Crippen LogP contribution < -0.4 is 10.2 Å². The maximum Gasteiger partial charge on any atom is 0.249 e. The minimum atomic E-state index is -1.14. The fourth-order valence-electron chi connectivity index (χ4n) is 3.97. The van der Waals surface area contributed by atoms with Gasteiger partial charge in [-0.2, -0.15) is 0 Å². The van der Waals surface area contributed by atoms with Crippen LogP contribution in [0.5, 0.6) is 5.75 Å². The molecule has 37 heavy (non-hydrogen) atoms. The molecule has 4 aromatic rings. The van der Waals surface area contributed by atoms with E-state index in [2.05, 4.69) is 15.6 Å². The minimum absolute atomic E-state index is 0.0186. The maximum absolute atomic E-state index is 14.7. The molecular formula is C28H30FN5O3. The van der Waals surface area contributed by atoms with E-state index in [1.807, 2.05) is 32.9 Å². The summed E-state index contributed by atoms with van der Waals surface area (Å²) in [6.45, 7) is 7.12. The Morgan fingerprint density at radius 2 is 1.81 bits per heavy atom. The van der Waals surface area contributed by atoms with Crippen molar-refractivity contribution in [2.75, 3.05) is 4.90 Å². The SMILES string of the molecule is CCC(C)(C)NC(=O)[C@H](c1ccc(O)cc1)N(C(=O)Cn1nnc2ccccc21)c1ccc(C)c(F)c1. The van der Waals surface area contributed by atoms with Crippen LogP contribution >= 0.6 is 0 Å². The van der Waals surface area contributed by atoms with Gasteiger partial charge in [-0.15, -0.1) is 5.10 Å². The lowest BCUT2D eigenvalue weighted by atomic mass is 9.98. The van der Waals surface area contributed by atoms with Crippen molar-refractivity contribution < 1.29 is 19.1 Å². The number of anilines is 1. The molecule has 8 nitrogen and oxygen atoms in total. The zero-order valence-corrected chi connectivity index (χ0v) is 21.3. The average molecular weight is 504 g/mol. The van der Waals surface area contributed by atoms with Gasteiger partial charge in [-0.05, 0) is 74.7 Å². The van der Waals surface area contributed by atoms with E-state index in [9.17, 15) is 19.1 Å². The van der Waals surface area contributed by atoms with Gasteiger partial charge >= 0.3 is 0 Å². The lowest BCUT2D eigenvalue weighted by Gasteiger charge is -2.34. The predicted molar refractivity (Wildman–Crippen MR) is 140 cm³/mol. The van der Waals surface area contributed by atoms with Crippen LogP contribution in [-0.4, -0.2) is 37.5 Å². The van der Waals surface area contributed by atoms with Crippen molar-refractivity contribution in [1.82, 2.24) is 20.3 Å². The molecule has 3 aromatic carbocycles. The van der Waals surface area contributed by atoms with Crippen molar-refractivity contribution in [3.05, 3.63) is 83.7 Å². The molecule has 0 saturated heterocycles. The summed E-state index contributed by atoms with van der Waals surface area (Å²) in [5.74, 6) is -1.40. The average Bonchev–Trinajstić information content (AvgIpc) is 3.27. The molecular weight excluding hydrogens is 473 g/mol. The maximum atomic E-state index is 14.7. The van der Waals surface area contributed by atoms with Crippen LogP contribution in [0.1, 0.15) is 44.4 Å².